The number of nitriles is 1. The Morgan fingerprint density at radius 1 is 1.50 bits per heavy atom. The number of anilines is 1. The van der Waals surface area contributed by atoms with E-state index in [2.05, 4.69) is 25.2 Å². The first-order chi connectivity index (χ1) is 15.1. The number of hydrogen-bond acceptors (Lipinski definition) is 7. The number of nitrogens with one attached hydrogen (secondary N) is 1. The molecule has 0 spiro atoms. The number of aliphatic hydroxyl groups is 1. The van der Waals surface area contributed by atoms with Crippen LogP contribution in [0.15, 0.2) is 0 Å². The molecule has 1 heterocycles. The molecule has 6 atom stereocenters. The minimum absolute atomic E-state index is 0.00487. The summed E-state index contributed by atoms with van der Waals surface area (Å²) in [6.07, 6.45) is 4.17. The van der Waals surface area contributed by atoms with Crippen molar-refractivity contribution in [3.8, 4) is 6.07 Å². The van der Waals surface area contributed by atoms with Crippen LogP contribution in [0.25, 0.3) is 0 Å². The third-order valence-electron chi connectivity index (χ3n) is 7.41. The van der Waals surface area contributed by atoms with Gasteiger partial charge in [-0.2, -0.15) is 17.0 Å². The molecule has 0 radical (unpaired) electrons. The molecule has 2 amide bonds. The van der Waals surface area contributed by atoms with Gasteiger partial charge in [0, 0.05) is 30.3 Å². The van der Waals surface area contributed by atoms with Crippen molar-refractivity contribution in [2.24, 2.45) is 23.2 Å². The fraction of sp³-hybridized carbons (Fsp3) is 0.739. The molecule has 1 aromatic rings. The van der Waals surface area contributed by atoms with Gasteiger partial charge in [0.2, 0.25) is 11.8 Å². The van der Waals surface area contributed by atoms with E-state index in [1.807, 2.05) is 13.2 Å². The Hall–Kier alpha value is -1.63. The maximum absolute atomic E-state index is 12.9. The van der Waals surface area contributed by atoms with Crippen LogP contribution in [0, 0.1) is 34.5 Å². The number of thioether (sulfide) groups is 1. The molecule has 32 heavy (non-hydrogen) atoms. The lowest BCUT2D eigenvalue weighted by atomic mass is 9.53. The summed E-state index contributed by atoms with van der Waals surface area (Å²) in [5.74, 6) is -0.0303. The third-order valence-corrected chi connectivity index (χ3v) is 8.95. The Morgan fingerprint density at radius 3 is 2.88 bits per heavy atom. The summed E-state index contributed by atoms with van der Waals surface area (Å²) >= 11 is 3.03. The van der Waals surface area contributed by atoms with E-state index in [1.54, 1.807) is 23.3 Å². The van der Waals surface area contributed by atoms with Gasteiger partial charge in [0.15, 0.2) is 5.13 Å². The Balaban J connectivity index is 1.79. The Labute approximate surface area is 199 Å². The molecule has 2 aliphatic carbocycles. The zero-order chi connectivity index (χ0) is 23.6. The van der Waals surface area contributed by atoms with Crippen LogP contribution in [0.2, 0.25) is 0 Å². The molecule has 0 bridgehead atoms. The van der Waals surface area contributed by atoms with E-state index in [0.29, 0.717) is 23.8 Å². The molecule has 176 valence electrons. The second-order valence-electron chi connectivity index (χ2n) is 9.60. The van der Waals surface area contributed by atoms with E-state index < -0.39 is 6.10 Å². The number of rotatable bonds is 7. The molecule has 1 unspecified atom stereocenters. The molecule has 2 aliphatic rings. The van der Waals surface area contributed by atoms with Gasteiger partial charge in [0.05, 0.1) is 30.0 Å². The average Bonchev–Trinajstić information content (AvgIpc) is 3.12. The summed E-state index contributed by atoms with van der Waals surface area (Å²) in [5, 5.41) is 23.9. The molecular weight excluding hydrogens is 444 g/mol. The van der Waals surface area contributed by atoms with E-state index in [-0.39, 0.29) is 40.9 Å². The summed E-state index contributed by atoms with van der Waals surface area (Å²) < 4.78 is 0. The van der Waals surface area contributed by atoms with Crippen molar-refractivity contribution >= 4 is 40.0 Å². The molecule has 1 saturated carbocycles. The van der Waals surface area contributed by atoms with Gasteiger partial charge in [-0.25, -0.2) is 4.98 Å². The van der Waals surface area contributed by atoms with E-state index in [4.69, 9.17) is 10.2 Å². The second-order valence-corrected chi connectivity index (χ2v) is 11.6. The highest BCUT2D eigenvalue weighted by Gasteiger charge is 2.54. The predicted octanol–water partition coefficient (Wildman–Crippen LogP) is 3.51. The van der Waals surface area contributed by atoms with Crippen LogP contribution in [-0.2, 0) is 16.0 Å². The topological polar surface area (TPSA) is 106 Å². The second kappa shape index (κ2) is 10.1. The van der Waals surface area contributed by atoms with Crippen molar-refractivity contribution in [3.05, 3.63) is 10.6 Å². The Morgan fingerprint density at radius 2 is 2.22 bits per heavy atom. The average molecular weight is 479 g/mol. The number of carbonyl (C=O) groups excluding carboxylic acids is 2. The van der Waals surface area contributed by atoms with Crippen LogP contribution in [0.5, 0.6) is 0 Å². The molecule has 1 aromatic heterocycles. The van der Waals surface area contributed by atoms with Gasteiger partial charge in [0.25, 0.3) is 0 Å². The quantitative estimate of drug-likeness (QED) is 0.621. The summed E-state index contributed by atoms with van der Waals surface area (Å²) in [6, 6.07) is 2.08. The number of hydrogen-bond donors (Lipinski definition) is 2. The van der Waals surface area contributed by atoms with Crippen molar-refractivity contribution in [1.29, 1.82) is 5.26 Å². The highest BCUT2D eigenvalue weighted by atomic mass is 32.2. The fourth-order valence-corrected chi connectivity index (χ4v) is 7.36. The van der Waals surface area contributed by atoms with Crippen LogP contribution < -0.4 is 5.32 Å². The summed E-state index contributed by atoms with van der Waals surface area (Å²) in [7, 11) is 1.73. The number of fused-ring (bicyclic) bond motifs is 2. The van der Waals surface area contributed by atoms with Gasteiger partial charge >= 0.3 is 0 Å². The molecule has 1 fully saturated rings. The number of thiazole rings is 1. The molecule has 0 aliphatic heterocycles. The van der Waals surface area contributed by atoms with Gasteiger partial charge in [-0.1, -0.05) is 20.8 Å². The zero-order valence-electron chi connectivity index (χ0n) is 19.6. The van der Waals surface area contributed by atoms with Crippen molar-refractivity contribution in [2.75, 3.05) is 30.9 Å². The molecule has 3 rings (SSSR count). The standard InChI is InChI=1S/C23H34N4O3S2/c1-13(21(30)27(4)10-6-9-24)15-7-8-23(3)11-16-19(14(2)18(23)20(15)29)26-22(32-16)25-17(28)12-31-5/h13-15,18,20,29H,6-8,10-12H2,1-5H3,(H,25,26,28)/t13-,14-,15?,18+,20-,23-/m0/s1. The summed E-state index contributed by atoms with van der Waals surface area (Å²) in [6.45, 7) is 6.68. The highest BCUT2D eigenvalue weighted by molar-refractivity contribution is 7.99. The molecule has 9 heteroatoms. The smallest absolute Gasteiger partial charge is 0.236 e. The van der Waals surface area contributed by atoms with E-state index >= 15 is 0 Å². The van der Waals surface area contributed by atoms with Gasteiger partial charge < -0.3 is 15.3 Å². The molecule has 0 saturated heterocycles. The summed E-state index contributed by atoms with van der Waals surface area (Å²) in [4.78, 5) is 32.5. The first-order valence-corrected chi connectivity index (χ1v) is 13.4. The van der Waals surface area contributed by atoms with Crippen LogP contribution in [0.1, 0.15) is 56.5 Å². The number of aliphatic hydroxyl groups excluding tert-OH is 1. The van der Waals surface area contributed by atoms with Crippen molar-refractivity contribution in [1.82, 2.24) is 9.88 Å². The van der Waals surface area contributed by atoms with Gasteiger partial charge in [0.1, 0.15) is 0 Å². The van der Waals surface area contributed by atoms with E-state index in [0.717, 1.165) is 25.0 Å². The van der Waals surface area contributed by atoms with Crippen LogP contribution in [-0.4, -0.2) is 58.5 Å². The molecule has 2 N–H and O–H groups in total. The number of nitrogens with zero attached hydrogens (tertiary/aromatic N) is 3. The van der Waals surface area contributed by atoms with Gasteiger partial charge in [-0.3, -0.25) is 9.59 Å². The minimum atomic E-state index is -0.601. The van der Waals surface area contributed by atoms with E-state index in [9.17, 15) is 14.7 Å². The minimum Gasteiger partial charge on any atom is -0.392 e. The predicted molar refractivity (Wildman–Crippen MR) is 129 cm³/mol. The number of carbonyl (C=O) groups is 2. The van der Waals surface area contributed by atoms with Crippen molar-refractivity contribution in [2.45, 2.75) is 58.5 Å². The monoisotopic (exact) mass is 478 g/mol. The Kier molecular flexibility index (Phi) is 7.89. The number of aromatic nitrogens is 1. The van der Waals surface area contributed by atoms with Gasteiger partial charge in [-0.15, -0.1) is 11.3 Å². The molecular formula is C23H34N4O3S2. The van der Waals surface area contributed by atoms with Crippen molar-refractivity contribution in [3.63, 3.8) is 0 Å². The maximum atomic E-state index is 12.9. The van der Waals surface area contributed by atoms with Crippen molar-refractivity contribution < 1.29 is 14.7 Å². The lowest BCUT2D eigenvalue weighted by molar-refractivity contribution is -0.143. The van der Waals surface area contributed by atoms with Gasteiger partial charge in [-0.05, 0) is 42.8 Å². The first kappa shape index (κ1) is 25.0. The van der Waals surface area contributed by atoms with Crippen LogP contribution in [0.3, 0.4) is 0 Å². The highest BCUT2D eigenvalue weighted by Crippen LogP contribution is 2.57. The first-order valence-electron chi connectivity index (χ1n) is 11.2. The summed E-state index contributed by atoms with van der Waals surface area (Å²) in [5.41, 5.74) is 0.909. The number of amides is 2. The Bertz CT molecular complexity index is 898. The van der Waals surface area contributed by atoms with Crippen LogP contribution in [0.4, 0.5) is 5.13 Å². The maximum Gasteiger partial charge on any atom is 0.236 e. The molecule has 7 nitrogen and oxygen atoms in total. The zero-order valence-corrected chi connectivity index (χ0v) is 21.2. The normalized spacial score (nSPS) is 29.9. The molecule has 0 aromatic carbocycles. The van der Waals surface area contributed by atoms with E-state index in [1.165, 1.54) is 16.6 Å². The lowest BCUT2D eigenvalue weighted by Crippen LogP contribution is -2.53. The SMILES string of the molecule is CSCC(=O)Nc1nc2c(s1)C[C@]1(C)CCC([C@H](C)C(=O)N(C)CCC#N)[C@H](O)[C@H]1[C@@H]2C. The largest absolute Gasteiger partial charge is 0.392 e. The third kappa shape index (κ3) is 4.82. The fourth-order valence-electron chi connectivity index (χ4n) is 5.75. The van der Waals surface area contributed by atoms with Crippen LogP contribution >= 0.6 is 23.1 Å². The lowest BCUT2D eigenvalue weighted by Gasteiger charge is -2.53.